The van der Waals surface area contributed by atoms with Crippen molar-refractivity contribution in [2.24, 2.45) is 0 Å². The van der Waals surface area contributed by atoms with Gasteiger partial charge in [-0.05, 0) is 29.3 Å². The molecule has 1 saturated heterocycles. The molecule has 2 N–H and O–H groups in total. The van der Waals surface area contributed by atoms with Gasteiger partial charge in [0.1, 0.15) is 5.66 Å². The first kappa shape index (κ1) is 15.3. The summed E-state index contributed by atoms with van der Waals surface area (Å²) < 4.78 is 0. The Labute approximate surface area is 152 Å². The molecule has 1 fully saturated rings. The third-order valence-corrected chi connectivity index (χ3v) is 6.00. The summed E-state index contributed by atoms with van der Waals surface area (Å²) in [5, 5.41) is 4.45. The summed E-state index contributed by atoms with van der Waals surface area (Å²) in [4.78, 5) is 17.9. The third-order valence-electron chi connectivity index (χ3n) is 6.00. The Hall–Kier alpha value is -3.01. The van der Waals surface area contributed by atoms with Gasteiger partial charge in [0.2, 0.25) is 5.91 Å². The van der Waals surface area contributed by atoms with Gasteiger partial charge in [-0.1, -0.05) is 56.3 Å². The number of para-hydroxylation sites is 2. The number of aromatic nitrogens is 1. The maximum absolute atomic E-state index is 12.3. The number of hydrogen-bond acceptors (Lipinski definition) is 2. The minimum Gasteiger partial charge on any atom is -0.361 e. The van der Waals surface area contributed by atoms with Crippen LogP contribution in [-0.2, 0) is 10.2 Å². The largest absolute Gasteiger partial charge is 0.361 e. The molecule has 0 bridgehead atoms. The van der Waals surface area contributed by atoms with E-state index in [-0.39, 0.29) is 11.3 Å². The van der Waals surface area contributed by atoms with Gasteiger partial charge in [-0.2, -0.15) is 0 Å². The van der Waals surface area contributed by atoms with E-state index in [2.05, 4.69) is 71.5 Å². The monoisotopic (exact) mass is 343 g/mol. The molecule has 1 amide bonds. The molecule has 4 nitrogen and oxygen atoms in total. The number of nitrogens with zero attached hydrogens (tertiary/aromatic N) is 1. The van der Waals surface area contributed by atoms with Crippen LogP contribution in [0.2, 0.25) is 0 Å². The predicted molar refractivity (Wildman–Crippen MR) is 105 cm³/mol. The highest BCUT2D eigenvalue weighted by atomic mass is 16.2. The van der Waals surface area contributed by atoms with Crippen LogP contribution in [0.1, 0.15) is 25.0 Å². The van der Waals surface area contributed by atoms with Crippen LogP contribution in [0.5, 0.6) is 0 Å². The molecule has 0 aliphatic carbocycles. The Morgan fingerprint density at radius 2 is 1.85 bits per heavy atom. The summed E-state index contributed by atoms with van der Waals surface area (Å²) in [6, 6.07) is 16.6. The number of fused-ring (bicyclic) bond motifs is 4. The average molecular weight is 343 g/mol. The van der Waals surface area contributed by atoms with E-state index < -0.39 is 5.66 Å². The highest BCUT2D eigenvalue weighted by Crippen LogP contribution is 2.52. The number of carbonyl (C=O) groups excluding carboxylic acids is 1. The van der Waals surface area contributed by atoms with Gasteiger partial charge in [-0.3, -0.25) is 4.79 Å². The average Bonchev–Trinajstić information content (AvgIpc) is 3.25. The van der Waals surface area contributed by atoms with Crippen molar-refractivity contribution < 1.29 is 4.79 Å². The smallest absolute Gasteiger partial charge is 0.241 e. The van der Waals surface area contributed by atoms with E-state index in [9.17, 15) is 4.79 Å². The van der Waals surface area contributed by atoms with Gasteiger partial charge in [0, 0.05) is 28.2 Å². The van der Waals surface area contributed by atoms with Crippen LogP contribution in [0.3, 0.4) is 0 Å². The number of aromatic amines is 1. The van der Waals surface area contributed by atoms with Crippen LogP contribution in [0.25, 0.3) is 17.0 Å². The lowest BCUT2D eigenvalue weighted by Crippen LogP contribution is -2.58. The van der Waals surface area contributed by atoms with E-state index in [0.29, 0.717) is 6.54 Å². The van der Waals surface area contributed by atoms with Crippen molar-refractivity contribution in [2.75, 3.05) is 11.4 Å². The number of carbonyl (C=O) groups is 1. The lowest BCUT2D eigenvalue weighted by atomic mass is 9.75. The molecule has 2 aliphatic heterocycles. The van der Waals surface area contributed by atoms with E-state index in [0.717, 1.165) is 16.8 Å². The second-order valence-electron chi connectivity index (χ2n) is 7.67. The fourth-order valence-corrected chi connectivity index (χ4v) is 4.58. The van der Waals surface area contributed by atoms with Crippen molar-refractivity contribution in [1.82, 2.24) is 10.3 Å². The highest BCUT2D eigenvalue weighted by molar-refractivity contribution is 5.93. The van der Waals surface area contributed by atoms with Gasteiger partial charge in [0.25, 0.3) is 0 Å². The fraction of sp³-hybridized carbons (Fsp3) is 0.227. The zero-order valence-corrected chi connectivity index (χ0v) is 14.9. The standard InChI is InChI=1S/C22H21N3O/c1-21(2)17-8-4-6-10-19(17)25-14-20(26)24-22(21,25)12-11-15-13-23-18-9-5-3-7-16(15)18/h3-13,23H,14H2,1-2H3,(H,24,26). The molecule has 3 aromatic rings. The SMILES string of the molecule is CC1(C)c2ccccc2N2CC(=O)NC21C=Cc1c[nH]c2ccccc12. The van der Waals surface area contributed by atoms with Crippen molar-refractivity contribution in [3.8, 4) is 0 Å². The molecular formula is C22H21N3O. The molecular weight excluding hydrogens is 322 g/mol. The number of H-pyrrole nitrogens is 1. The Morgan fingerprint density at radius 3 is 2.73 bits per heavy atom. The van der Waals surface area contributed by atoms with Gasteiger partial charge < -0.3 is 15.2 Å². The normalized spacial score (nSPS) is 23.5. The summed E-state index contributed by atoms with van der Waals surface area (Å²) in [6.45, 7) is 4.80. The molecule has 5 rings (SSSR count). The Kier molecular flexibility index (Phi) is 2.94. The molecule has 0 saturated carbocycles. The number of rotatable bonds is 2. The van der Waals surface area contributed by atoms with Gasteiger partial charge in [0.05, 0.1) is 6.54 Å². The second kappa shape index (κ2) is 5.01. The molecule has 0 spiro atoms. The maximum atomic E-state index is 12.3. The summed E-state index contributed by atoms with van der Waals surface area (Å²) in [7, 11) is 0. The minimum absolute atomic E-state index is 0.0659. The van der Waals surface area contributed by atoms with Gasteiger partial charge in [0.15, 0.2) is 0 Å². The molecule has 2 aliphatic rings. The maximum Gasteiger partial charge on any atom is 0.241 e. The lowest BCUT2D eigenvalue weighted by Gasteiger charge is -2.40. The first-order chi connectivity index (χ1) is 12.5. The summed E-state index contributed by atoms with van der Waals surface area (Å²) >= 11 is 0. The number of nitrogens with one attached hydrogen (secondary N) is 2. The predicted octanol–water partition coefficient (Wildman–Crippen LogP) is 3.81. The summed E-state index contributed by atoms with van der Waals surface area (Å²) in [6.07, 6.45) is 6.31. The van der Waals surface area contributed by atoms with Gasteiger partial charge >= 0.3 is 0 Å². The fourth-order valence-electron chi connectivity index (χ4n) is 4.58. The van der Waals surface area contributed by atoms with Crippen molar-refractivity contribution >= 4 is 28.6 Å². The number of amides is 1. The van der Waals surface area contributed by atoms with E-state index in [1.165, 1.54) is 10.9 Å². The van der Waals surface area contributed by atoms with Crippen LogP contribution in [-0.4, -0.2) is 23.1 Å². The third kappa shape index (κ3) is 1.81. The first-order valence-corrected chi connectivity index (χ1v) is 8.96. The van der Waals surface area contributed by atoms with Crippen LogP contribution >= 0.6 is 0 Å². The van der Waals surface area contributed by atoms with E-state index in [1.807, 2.05) is 24.4 Å². The summed E-state index contributed by atoms with van der Waals surface area (Å²) in [5.74, 6) is 0.0659. The molecule has 1 atom stereocenters. The van der Waals surface area contributed by atoms with Crippen LogP contribution < -0.4 is 10.2 Å². The van der Waals surface area contributed by atoms with E-state index in [1.54, 1.807) is 0 Å². The lowest BCUT2D eigenvalue weighted by molar-refractivity contribution is -0.118. The van der Waals surface area contributed by atoms with Crippen molar-refractivity contribution in [2.45, 2.75) is 24.9 Å². The molecule has 1 aromatic heterocycles. The molecule has 4 heteroatoms. The Morgan fingerprint density at radius 1 is 1.08 bits per heavy atom. The molecule has 2 aromatic carbocycles. The van der Waals surface area contributed by atoms with Crippen molar-refractivity contribution in [3.63, 3.8) is 0 Å². The number of hydrogen-bond donors (Lipinski definition) is 2. The molecule has 0 radical (unpaired) electrons. The Balaban J connectivity index is 1.66. The van der Waals surface area contributed by atoms with Gasteiger partial charge in [-0.25, -0.2) is 0 Å². The zero-order chi connectivity index (χ0) is 17.9. The van der Waals surface area contributed by atoms with Gasteiger partial charge in [-0.15, -0.1) is 0 Å². The highest BCUT2D eigenvalue weighted by Gasteiger charge is 2.59. The van der Waals surface area contributed by atoms with Crippen LogP contribution in [0.15, 0.2) is 60.8 Å². The minimum atomic E-state index is -0.549. The zero-order valence-electron chi connectivity index (χ0n) is 14.9. The van der Waals surface area contributed by atoms with Crippen molar-refractivity contribution in [1.29, 1.82) is 0 Å². The summed E-state index contributed by atoms with van der Waals surface area (Å²) in [5.41, 5.74) is 3.86. The molecule has 26 heavy (non-hydrogen) atoms. The molecule has 3 heterocycles. The second-order valence-corrected chi connectivity index (χ2v) is 7.67. The molecule has 130 valence electrons. The first-order valence-electron chi connectivity index (χ1n) is 8.96. The molecule has 1 unspecified atom stereocenters. The quantitative estimate of drug-likeness (QED) is 0.743. The van der Waals surface area contributed by atoms with Crippen molar-refractivity contribution in [3.05, 3.63) is 71.9 Å². The number of anilines is 1. The Bertz CT molecular complexity index is 1060. The van der Waals surface area contributed by atoms with E-state index >= 15 is 0 Å². The van der Waals surface area contributed by atoms with Crippen LogP contribution in [0, 0.1) is 0 Å². The van der Waals surface area contributed by atoms with E-state index in [4.69, 9.17) is 0 Å². The van der Waals surface area contributed by atoms with Crippen LogP contribution in [0.4, 0.5) is 5.69 Å². The number of benzene rings is 2. The topological polar surface area (TPSA) is 48.1 Å².